The minimum absolute atomic E-state index is 0. The first-order valence-corrected chi connectivity index (χ1v) is 9.25. The van der Waals surface area contributed by atoms with E-state index in [0.717, 1.165) is 6.42 Å². The summed E-state index contributed by atoms with van der Waals surface area (Å²) < 4.78 is 13.6. The van der Waals surface area contributed by atoms with Gasteiger partial charge in [-0.15, -0.1) is 24.0 Å². The highest BCUT2D eigenvalue weighted by Crippen LogP contribution is 2.06. The first kappa shape index (κ1) is 23.9. The molecular formula is C21H28FIN4O. The number of benzene rings is 2. The standard InChI is InChI=1S/C21H27FN4O.HI/c1-2-23-21(25-15-13-18-10-6-7-11-19(18)22)26-16-20(27)24-14-12-17-8-4-3-5-9-17;/h3-11H,2,12-16H2,1H3,(H,24,27)(H2,23,25,26);1H. The molecule has 0 aliphatic carbocycles. The van der Waals surface area contributed by atoms with Crippen molar-refractivity contribution < 1.29 is 9.18 Å². The number of rotatable bonds is 9. The summed E-state index contributed by atoms with van der Waals surface area (Å²) in [5.41, 5.74) is 1.84. The lowest BCUT2D eigenvalue weighted by molar-refractivity contribution is -0.119. The molecule has 1 amide bonds. The van der Waals surface area contributed by atoms with Crippen molar-refractivity contribution in [2.75, 3.05) is 26.2 Å². The Bertz CT molecular complexity index is 740. The van der Waals surface area contributed by atoms with Crippen LogP contribution in [0.1, 0.15) is 18.1 Å². The van der Waals surface area contributed by atoms with E-state index in [4.69, 9.17) is 0 Å². The van der Waals surface area contributed by atoms with Crippen LogP contribution in [0, 0.1) is 5.82 Å². The first-order chi connectivity index (χ1) is 13.2. The Morgan fingerprint density at radius 2 is 1.61 bits per heavy atom. The van der Waals surface area contributed by atoms with E-state index < -0.39 is 0 Å². The molecule has 0 saturated carbocycles. The molecule has 28 heavy (non-hydrogen) atoms. The molecule has 0 aliphatic rings. The van der Waals surface area contributed by atoms with Gasteiger partial charge < -0.3 is 16.0 Å². The van der Waals surface area contributed by atoms with E-state index in [9.17, 15) is 9.18 Å². The topological polar surface area (TPSA) is 65.5 Å². The lowest BCUT2D eigenvalue weighted by Gasteiger charge is -2.11. The minimum Gasteiger partial charge on any atom is -0.357 e. The fourth-order valence-electron chi connectivity index (χ4n) is 2.56. The lowest BCUT2D eigenvalue weighted by atomic mass is 10.1. The van der Waals surface area contributed by atoms with E-state index in [-0.39, 0.29) is 42.2 Å². The fourth-order valence-corrected chi connectivity index (χ4v) is 2.56. The maximum absolute atomic E-state index is 13.6. The Hall–Kier alpha value is -2.16. The number of carbonyl (C=O) groups excluding carboxylic acids is 1. The summed E-state index contributed by atoms with van der Waals surface area (Å²) in [7, 11) is 0. The molecular weight excluding hydrogens is 470 g/mol. The summed E-state index contributed by atoms with van der Waals surface area (Å²) in [5, 5.41) is 9.08. The third-order valence-electron chi connectivity index (χ3n) is 3.95. The molecule has 0 atom stereocenters. The predicted octanol–water partition coefficient (Wildman–Crippen LogP) is 2.90. The second-order valence-electron chi connectivity index (χ2n) is 6.05. The van der Waals surface area contributed by atoms with E-state index in [0.29, 0.717) is 37.6 Å². The highest BCUT2D eigenvalue weighted by molar-refractivity contribution is 14.0. The third kappa shape index (κ3) is 9.16. The summed E-state index contributed by atoms with van der Waals surface area (Å²) in [6.45, 7) is 3.79. The zero-order valence-electron chi connectivity index (χ0n) is 16.1. The van der Waals surface area contributed by atoms with Crippen LogP contribution in [0.4, 0.5) is 4.39 Å². The van der Waals surface area contributed by atoms with Gasteiger partial charge in [0.1, 0.15) is 12.4 Å². The molecule has 0 fully saturated rings. The smallest absolute Gasteiger partial charge is 0.241 e. The SMILES string of the molecule is CCNC(=NCC(=O)NCCc1ccccc1)NCCc1ccccc1F.I. The van der Waals surface area contributed by atoms with Gasteiger partial charge >= 0.3 is 0 Å². The monoisotopic (exact) mass is 498 g/mol. The molecule has 0 heterocycles. The molecule has 0 aliphatic heterocycles. The summed E-state index contributed by atoms with van der Waals surface area (Å²) >= 11 is 0. The number of nitrogens with zero attached hydrogens (tertiary/aromatic N) is 1. The van der Waals surface area contributed by atoms with Crippen LogP contribution >= 0.6 is 24.0 Å². The average molecular weight is 498 g/mol. The molecule has 2 rings (SSSR count). The Morgan fingerprint density at radius 1 is 0.929 bits per heavy atom. The van der Waals surface area contributed by atoms with E-state index in [2.05, 4.69) is 20.9 Å². The summed E-state index contributed by atoms with van der Waals surface area (Å²) in [6, 6.07) is 16.7. The Morgan fingerprint density at radius 3 is 2.32 bits per heavy atom. The van der Waals surface area contributed by atoms with Crippen molar-refractivity contribution in [1.82, 2.24) is 16.0 Å². The van der Waals surface area contributed by atoms with Crippen LogP contribution in [0.15, 0.2) is 59.6 Å². The van der Waals surface area contributed by atoms with Crippen LogP contribution in [-0.2, 0) is 17.6 Å². The van der Waals surface area contributed by atoms with Crippen molar-refractivity contribution in [3.63, 3.8) is 0 Å². The van der Waals surface area contributed by atoms with Crippen molar-refractivity contribution >= 4 is 35.8 Å². The number of amides is 1. The van der Waals surface area contributed by atoms with Gasteiger partial charge in [-0.3, -0.25) is 4.79 Å². The molecule has 7 heteroatoms. The maximum atomic E-state index is 13.6. The number of hydrogen-bond donors (Lipinski definition) is 3. The van der Waals surface area contributed by atoms with Crippen LogP contribution in [0.3, 0.4) is 0 Å². The quantitative estimate of drug-likeness (QED) is 0.283. The van der Waals surface area contributed by atoms with E-state index in [1.807, 2.05) is 43.3 Å². The Kier molecular flexibility index (Phi) is 11.9. The van der Waals surface area contributed by atoms with Gasteiger partial charge in [0, 0.05) is 19.6 Å². The molecule has 2 aromatic rings. The third-order valence-corrected chi connectivity index (χ3v) is 3.95. The van der Waals surface area contributed by atoms with Gasteiger partial charge in [-0.1, -0.05) is 48.5 Å². The van der Waals surface area contributed by atoms with Crippen molar-refractivity contribution in [3.05, 3.63) is 71.5 Å². The maximum Gasteiger partial charge on any atom is 0.241 e. The highest BCUT2D eigenvalue weighted by atomic mass is 127. The van der Waals surface area contributed by atoms with Crippen LogP contribution in [0.25, 0.3) is 0 Å². The number of halogens is 2. The van der Waals surface area contributed by atoms with Crippen molar-refractivity contribution in [1.29, 1.82) is 0 Å². The molecule has 2 aromatic carbocycles. The van der Waals surface area contributed by atoms with Crippen molar-refractivity contribution in [2.24, 2.45) is 4.99 Å². The van der Waals surface area contributed by atoms with E-state index >= 15 is 0 Å². The first-order valence-electron chi connectivity index (χ1n) is 9.25. The van der Waals surface area contributed by atoms with Crippen LogP contribution in [0.2, 0.25) is 0 Å². The normalized spacial score (nSPS) is 10.7. The predicted molar refractivity (Wildman–Crippen MR) is 123 cm³/mol. The second-order valence-corrected chi connectivity index (χ2v) is 6.05. The van der Waals surface area contributed by atoms with Gasteiger partial charge in [0.25, 0.3) is 0 Å². The fraction of sp³-hybridized carbons (Fsp3) is 0.333. The molecule has 0 aromatic heterocycles. The number of guanidine groups is 1. The molecule has 0 spiro atoms. The van der Waals surface area contributed by atoms with Crippen LogP contribution < -0.4 is 16.0 Å². The molecule has 0 bridgehead atoms. The van der Waals surface area contributed by atoms with Gasteiger partial charge in [-0.25, -0.2) is 9.38 Å². The summed E-state index contributed by atoms with van der Waals surface area (Å²) in [5.74, 6) is 0.211. The zero-order valence-corrected chi connectivity index (χ0v) is 18.4. The molecule has 0 radical (unpaired) electrons. The zero-order chi connectivity index (χ0) is 19.3. The minimum atomic E-state index is -0.209. The van der Waals surface area contributed by atoms with Crippen LogP contribution in [-0.4, -0.2) is 38.0 Å². The largest absolute Gasteiger partial charge is 0.357 e. The van der Waals surface area contributed by atoms with E-state index in [1.54, 1.807) is 12.1 Å². The summed E-state index contributed by atoms with van der Waals surface area (Å²) in [6.07, 6.45) is 1.33. The number of carbonyl (C=O) groups is 1. The second kappa shape index (κ2) is 13.9. The van der Waals surface area contributed by atoms with Crippen molar-refractivity contribution in [3.8, 4) is 0 Å². The molecule has 0 saturated heterocycles. The van der Waals surface area contributed by atoms with Gasteiger partial charge in [-0.2, -0.15) is 0 Å². The molecule has 3 N–H and O–H groups in total. The number of nitrogens with one attached hydrogen (secondary N) is 3. The number of aliphatic imine (C=N–C) groups is 1. The molecule has 152 valence electrons. The Labute approximate surface area is 183 Å². The van der Waals surface area contributed by atoms with Gasteiger partial charge in [0.2, 0.25) is 5.91 Å². The average Bonchev–Trinajstić information content (AvgIpc) is 2.68. The number of hydrogen-bond acceptors (Lipinski definition) is 2. The van der Waals surface area contributed by atoms with Gasteiger partial charge in [0.15, 0.2) is 5.96 Å². The molecule has 5 nitrogen and oxygen atoms in total. The molecule has 0 unspecified atom stereocenters. The van der Waals surface area contributed by atoms with E-state index in [1.165, 1.54) is 11.6 Å². The van der Waals surface area contributed by atoms with Crippen molar-refractivity contribution in [2.45, 2.75) is 19.8 Å². The van der Waals surface area contributed by atoms with Crippen LogP contribution in [0.5, 0.6) is 0 Å². The Balaban J connectivity index is 0.00000392. The highest BCUT2D eigenvalue weighted by Gasteiger charge is 2.04. The van der Waals surface area contributed by atoms with Gasteiger partial charge in [0.05, 0.1) is 0 Å². The summed E-state index contributed by atoms with van der Waals surface area (Å²) in [4.78, 5) is 16.2. The lowest BCUT2D eigenvalue weighted by Crippen LogP contribution is -2.39. The van der Waals surface area contributed by atoms with Gasteiger partial charge in [-0.05, 0) is 37.0 Å².